The summed E-state index contributed by atoms with van der Waals surface area (Å²) >= 11 is 5.55. The van der Waals surface area contributed by atoms with Crippen molar-refractivity contribution in [3.8, 4) is 11.8 Å². The number of nitrogens with zero attached hydrogens (tertiary/aromatic N) is 1. The Balaban J connectivity index is 2.23. The number of halogens is 2. The molecular weight excluding hydrogens is 483 g/mol. The topological polar surface area (TPSA) is 62.1 Å². The van der Waals surface area contributed by atoms with Gasteiger partial charge >= 0.3 is 0 Å². The normalized spacial score (nSPS) is 10.8. The van der Waals surface area contributed by atoms with E-state index in [0.29, 0.717) is 12.3 Å². The molecule has 6 heteroatoms. The molecule has 0 aliphatic carbocycles. The van der Waals surface area contributed by atoms with Gasteiger partial charge in [-0.1, -0.05) is 18.2 Å². The smallest absolute Gasteiger partial charge is 0.266 e. The summed E-state index contributed by atoms with van der Waals surface area (Å²) in [5, 5.41) is 12.0. The van der Waals surface area contributed by atoms with Gasteiger partial charge in [-0.3, -0.25) is 4.79 Å². The first-order valence-electron chi connectivity index (χ1n) is 7.15. The minimum absolute atomic E-state index is 0.0331. The van der Waals surface area contributed by atoms with Gasteiger partial charge in [-0.15, -0.1) is 0 Å². The fourth-order valence-electron chi connectivity index (χ4n) is 1.95. The van der Waals surface area contributed by atoms with E-state index in [1.165, 1.54) is 0 Å². The van der Waals surface area contributed by atoms with E-state index in [1.54, 1.807) is 24.3 Å². The molecule has 24 heavy (non-hydrogen) atoms. The van der Waals surface area contributed by atoms with E-state index in [1.807, 2.05) is 37.3 Å². The van der Waals surface area contributed by atoms with E-state index in [4.69, 9.17) is 4.74 Å². The van der Waals surface area contributed by atoms with E-state index in [9.17, 15) is 10.1 Å². The van der Waals surface area contributed by atoms with Crippen LogP contribution in [-0.2, 0) is 4.79 Å². The predicted molar refractivity (Wildman–Crippen MR) is 107 cm³/mol. The summed E-state index contributed by atoms with van der Waals surface area (Å²) in [6.07, 6.45) is 1.55. The highest BCUT2D eigenvalue weighted by molar-refractivity contribution is 14.1. The largest absolute Gasteiger partial charge is 0.493 e. The number of hydrogen-bond acceptors (Lipinski definition) is 3. The van der Waals surface area contributed by atoms with Gasteiger partial charge < -0.3 is 10.1 Å². The Bertz CT molecular complexity index is 828. The fourth-order valence-corrected chi connectivity index (χ4v) is 2.98. The summed E-state index contributed by atoms with van der Waals surface area (Å²) in [5.41, 5.74) is 1.45. The molecule has 4 nitrogen and oxygen atoms in total. The van der Waals surface area contributed by atoms with Crippen molar-refractivity contribution < 1.29 is 9.53 Å². The van der Waals surface area contributed by atoms with Crippen molar-refractivity contribution in [2.75, 3.05) is 11.9 Å². The molecule has 0 aliphatic heterocycles. The van der Waals surface area contributed by atoms with E-state index >= 15 is 0 Å². The van der Waals surface area contributed by atoms with Crippen molar-refractivity contribution in [1.82, 2.24) is 0 Å². The second-order valence-corrected chi connectivity index (χ2v) is 6.74. The molecule has 1 N–H and O–H groups in total. The minimum Gasteiger partial charge on any atom is -0.493 e. The summed E-state index contributed by atoms with van der Waals surface area (Å²) in [6, 6.07) is 14.7. The highest BCUT2D eigenvalue weighted by Gasteiger charge is 2.11. The number of hydrogen-bond donors (Lipinski definition) is 1. The second-order valence-electron chi connectivity index (χ2n) is 4.73. The van der Waals surface area contributed by atoms with Gasteiger partial charge in [-0.05, 0) is 81.3 Å². The molecule has 0 saturated carbocycles. The van der Waals surface area contributed by atoms with Crippen molar-refractivity contribution in [2.45, 2.75) is 6.92 Å². The second kappa shape index (κ2) is 8.85. The van der Waals surface area contributed by atoms with Crippen LogP contribution in [0.15, 0.2) is 52.5 Å². The number of amides is 1. The number of nitriles is 1. The van der Waals surface area contributed by atoms with Crippen LogP contribution in [0.25, 0.3) is 6.08 Å². The van der Waals surface area contributed by atoms with Gasteiger partial charge in [0, 0.05) is 3.57 Å². The zero-order valence-electron chi connectivity index (χ0n) is 12.8. The Morgan fingerprint density at radius 3 is 2.75 bits per heavy atom. The molecule has 0 saturated heterocycles. The third-order valence-corrected chi connectivity index (χ3v) is 4.61. The average Bonchev–Trinajstić information content (AvgIpc) is 2.57. The first-order valence-corrected chi connectivity index (χ1v) is 9.02. The number of nitrogens with one attached hydrogen (secondary N) is 1. The summed E-state index contributed by atoms with van der Waals surface area (Å²) in [4.78, 5) is 12.3. The molecular formula is C18H14BrIN2O2. The number of rotatable bonds is 5. The minimum atomic E-state index is -0.438. The van der Waals surface area contributed by atoms with E-state index in [-0.39, 0.29) is 5.57 Å². The Hall–Kier alpha value is -1.85. The van der Waals surface area contributed by atoms with Gasteiger partial charge in [0.1, 0.15) is 17.4 Å². The summed E-state index contributed by atoms with van der Waals surface area (Å²) < 4.78 is 7.13. The van der Waals surface area contributed by atoms with Gasteiger partial charge in [-0.25, -0.2) is 0 Å². The molecule has 122 valence electrons. The Morgan fingerprint density at radius 1 is 1.38 bits per heavy atom. The first-order chi connectivity index (χ1) is 11.5. The average molecular weight is 497 g/mol. The van der Waals surface area contributed by atoms with Crippen LogP contribution in [0.5, 0.6) is 5.75 Å². The fraction of sp³-hybridized carbons (Fsp3) is 0.111. The quantitative estimate of drug-likeness (QED) is 0.360. The molecule has 1 amide bonds. The zero-order valence-corrected chi connectivity index (χ0v) is 16.6. The molecule has 2 aromatic carbocycles. The first kappa shape index (κ1) is 18.5. The third kappa shape index (κ3) is 4.82. The van der Waals surface area contributed by atoms with Crippen LogP contribution in [0.2, 0.25) is 0 Å². The van der Waals surface area contributed by atoms with Gasteiger partial charge in [-0.2, -0.15) is 5.26 Å². The highest BCUT2D eigenvalue weighted by atomic mass is 127. The molecule has 0 spiro atoms. The molecule has 0 aromatic heterocycles. The van der Waals surface area contributed by atoms with Crippen molar-refractivity contribution in [3.05, 3.63) is 61.6 Å². The highest BCUT2D eigenvalue weighted by Crippen LogP contribution is 2.27. The monoisotopic (exact) mass is 496 g/mol. The third-order valence-electron chi connectivity index (χ3n) is 3.05. The molecule has 0 unspecified atom stereocenters. The van der Waals surface area contributed by atoms with E-state index < -0.39 is 5.91 Å². The molecule has 0 atom stereocenters. The number of carbonyl (C=O) groups excluding carboxylic acids is 1. The SMILES string of the molecule is CCOc1ccc(/C=C(\C#N)C(=O)Nc2ccccc2I)cc1Br. The molecule has 0 aliphatic rings. The zero-order chi connectivity index (χ0) is 17.5. The predicted octanol–water partition coefficient (Wildman–Crippen LogP) is 5.00. The molecule has 0 bridgehead atoms. The number of carbonyl (C=O) groups is 1. The number of para-hydroxylation sites is 1. The standard InChI is InChI=1S/C18H14BrIN2O2/c1-2-24-17-8-7-12(10-14(17)19)9-13(11-21)18(23)22-16-6-4-3-5-15(16)20/h3-10H,2H2,1H3,(H,22,23)/b13-9+. The van der Waals surface area contributed by atoms with Crippen LogP contribution in [0.4, 0.5) is 5.69 Å². The van der Waals surface area contributed by atoms with Crippen LogP contribution < -0.4 is 10.1 Å². The van der Waals surface area contributed by atoms with Crippen LogP contribution in [0.3, 0.4) is 0 Å². The van der Waals surface area contributed by atoms with Crippen molar-refractivity contribution in [2.24, 2.45) is 0 Å². The summed E-state index contributed by atoms with van der Waals surface area (Å²) in [5.74, 6) is 0.281. The molecule has 2 aromatic rings. The van der Waals surface area contributed by atoms with Crippen LogP contribution in [0, 0.1) is 14.9 Å². The molecule has 2 rings (SSSR count). The molecule has 0 heterocycles. The van der Waals surface area contributed by atoms with Gasteiger partial charge in [0.2, 0.25) is 0 Å². The van der Waals surface area contributed by atoms with Crippen molar-refractivity contribution in [1.29, 1.82) is 5.26 Å². The lowest BCUT2D eigenvalue weighted by Gasteiger charge is -2.08. The Kier molecular flexibility index (Phi) is 6.82. The summed E-state index contributed by atoms with van der Waals surface area (Å²) in [7, 11) is 0. The van der Waals surface area contributed by atoms with Crippen LogP contribution in [-0.4, -0.2) is 12.5 Å². The number of anilines is 1. The lowest BCUT2D eigenvalue weighted by Crippen LogP contribution is -2.14. The van der Waals surface area contributed by atoms with Crippen LogP contribution in [0.1, 0.15) is 12.5 Å². The maximum Gasteiger partial charge on any atom is 0.266 e. The number of benzene rings is 2. The molecule has 0 fully saturated rings. The van der Waals surface area contributed by atoms with Gasteiger partial charge in [0.25, 0.3) is 5.91 Å². The number of ether oxygens (including phenoxy) is 1. The summed E-state index contributed by atoms with van der Waals surface area (Å²) in [6.45, 7) is 2.47. The Labute approximate surface area is 162 Å². The Morgan fingerprint density at radius 2 is 2.12 bits per heavy atom. The van der Waals surface area contributed by atoms with E-state index in [2.05, 4.69) is 43.8 Å². The van der Waals surface area contributed by atoms with Gasteiger partial charge in [0.05, 0.1) is 16.8 Å². The van der Waals surface area contributed by atoms with Crippen molar-refractivity contribution in [3.63, 3.8) is 0 Å². The maximum absolute atomic E-state index is 12.3. The van der Waals surface area contributed by atoms with Gasteiger partial charge in [0.15, 0.2) is 0 Å². The van der Waals surface area contributed by atoms with Crippen molar-refractivity contribution >= 4 is 56.2 Å². The molecule has 0 radical (unpaired) electrons. The van der Waals surface area contributed by atoms with Crippen LogP contribution >= 0.6 is 38.5 Å². The lowest BCUT2D eigenvalue weighted by molar-refractivity contribution is -0.112. The van der Waals surface area contributed by atoms with E-state index in [0.717, 1.165) is 19.4 Å². The lowest BCUT2D eigenvalue weighted by atomic mass is 10.1. The maximum atomic E-state index is 12.3.